The molecule has 25 heavy (non-hydrogen) atoms. The third kappa shape index (κ3) is 2.97. The summed E-state index contributed by atoms with van der Waals surface area (Å²) in [5.74, 6) is -0.258. The van der Waals surface area contributed by atoms with E-state index < -0.39 is 5.97 Å². The van der Waals surface area contributed by atoms with Crippen molar-refractivity contribution in [1.29, 1.82) is 0 Å². The van der Waals surface area contributed by atoms with Crippen molar-refractivity contribution < 1.29 is 14.7 Å². The molecular formula is C20H20N2O3. The van der Waals surface area contributed by atoms with E-state index in [-0.39, 0.29) is 5.75 Å². The Morgan fingerprint density at radius 3 is 2.72 bits per heavy atom. The van der Waals surface area contributed by atoms with E-state index in [4.69, 9.17) is 4.84 Å². The van der Waals surface area contributed by atoms with Gasteiger partial charge in [-0.05, 0) is 49.4 Å². The maximum atomic E-state index is 11.9. The van der Waals surface area contributed by atoms with Gasteiger partial charge in [-0.3, -0.25) is 0 Å². The molecule has 4 rings (SSSR count). The van der Waals surface area contributed by atoms with Crippen LogP contribution < -0.4 is 4.90 Å². The Bertz CT molecular complexity index is 829. The van der Waals surface area contributed by atoms with Crippen molar-refractivity contribution in [3.05, 3.63) is 58.7 Å². The SMILES string of the molecule is O=C(O/N=C/c1cc2c3c(c1O)CCCN3CCC2)c1ccccc1. The van der Waals surface area contributed by atoms with Crippen LogP contribution in [0.1, 0.15) is 39.9 Å². The van der Waals surface area contributed by atoms with Gasteiger partial charge in [0.1, 0.15) is 5.75 Å². The number of benzene rings is 2. The van der Waals surface area contributed by atoms with Crippen LogP contribution in [-0.2, 0) is 17.7 Å². The van der Waals surface area contributed by atoms with Gasteiger partial charge in [-0.15, -0.1) is 0 Å². The highest BCUT2D eigenvalue weighted by Crippen LogP contribution is 2.41. The van der Waals surface area contributed by atoms with Gasteiger partial charge >= 0.3 is 5.97 Å². The van der Waals surface area contributed by atoms with Gasteiger partial charge in [0, 0.05) is 29.9 Å². The second kappa shape index (κ2) is 6.59. The van der Waals surface area contributed by atoms with Crippen LogP contribution in [0.3, 0.4) is 0 Å². The molecule has 0 unspecified atom stereocenters. The molecule has 0 fully saturated rings. The van der Waals surface area contributed by atoms with E-state index in [0.29, 0.717) is 11.1 Å². The molecule has 2 aliphatic rings. The van der Waals surface area contributed by atoms with Crippen LogP contribution in [-0.4, -0.2) is 30.4 Å². The predicted molar refractivity (Wildman–Crippen MR) is 96.4 cm³/mol. The minimum absolute atomic E-state index is 0.255. The number of phenolic OH excluding ortho intramolecular Hbond substituents is 1. The number of nitrogens with zero attached hydrogens (tertiary/aromatic N) is 2. The maximum Gasteiger partial charge on any atom is 0.365 e. The second-order valence-corrected chi connectivity index (χ2v) is 6.47. The molecule has 2 aliphatic heterocycles. The first kappa shape index (κ1) is 15.7. The van der Waals surface area contributed by atoms with E-state index in [1.165, 1.54) is 17.5 Å². The molecule has 5 nitrogen and oxygen atoms in total. The van der Waals surface area contributed by atoms with E-state index in [1.54, 1.807) is 24.3 Å². The average molecular weight is 336 g/mol. The third-order valence-corrected chi connectivity index (χ3v) is 4.86. The largest absolute Gasteiger partial charge is 0.507 e. The van der Waals surface area contributed by atoms with E-state index in [2.05, 4.69) is 10.1 Å². The number of aromatic hydroxyl groups is 1. The monoisotopic (exact) mass is 336 g/mol. The summed E-state index contributed by atoms with van der Waals surface area (Å²) in [6.45, 7) is 2.11. The lowest BCUT2D eigenvalue weighted by Gasteiger charge is -2.37. The zero-order chi connectivity index (χ0) is 17.2. The summed E-state index contributed by atoms with van der Waals surface area (Å²) in [6.07, 6.45) is 5.47. The van der Waals surface area contributed by atoms with Crippen LogP contribution in [0.2, 0.25) is 0 Å². The van der Waals surface area contributed by atoms with Crippen LogP contribution in [0.4, 0.5) is 5.69 Å². The summed E-state index contributed by atoms with van der Waals surface area (Å²) < 4.78 is 0. The number of hydrogen-bond donors (Lipinski definition) is 1. The third-order valence-electron chi connectivity index (χ3n) is 4.86. The number of oxime groups is 1. The van der Waals surface area contributed by atoms with Crippen LogP contribution in [0.5, 0.6) is 5.75 Å². The van der Waals surface area contributed by atoms with Crippen molar-refractivity contribution in [3.63, 3.8) is 0 Å². The Kier molecular flexibility index (Phi) is 4.14. The van der Waals surface area contributed by atoms with Crippen LogP contribution in [0, 0.1) is 0 Å². The average Bonchev–Trinajstić information content (AvgIpc) is 2.66. The summed E-state index contributed by atoms with van der Waals surface area (Å²) >= 11 is 0. The fourth-order valence-corrected chi connectivity index (χ4v) is 3.72. The standard InChI is InChI=1S/C20H20N2O3/c23-19-16(13-21-25-20(24)14-6-2-1-3-7-14)12-15-8-4-10-22-11-5-9-17(19)18(15)22/h1-3,6-7,12-13,23H,4-5,8-11H2/b21-13+. The summed E-state index contributed by atoms with van der Waals surface area (Å²) in [7, 11) is 0. The first-order valence-electron chi connectivity index (χ1n) is 8.66. The van der Waals surface area contributed by atoms with Gasteiger partial charge in [-0.25, -0.2) is 4.79 Å². The lowest BCUT2D eigenvalue weighted by atomic mass is 9.89. The van der Waals surface area contributed by atoms with Crippen molar-refractivity contribution in [2.45, 2.75) is 25.7 Å². The Labute approximate surface area is 146 Å². The number of anilines is 1. The maximum absolute atomic E-state index is 11.9. The molecule has 2 aromatic carbocycles. The predicted octanol–water partition coefficient (Wildman–Crippen LogP) is 3.28. The fourth-order valence-electron chi connectivity index (χ4n) is 3.72. The van der Waals surface area contributed by atoms with Crippen LogP contribution in [0.15, 0.2) is 41.6 Å². The van der Waals surface area contributed by atoms with Gasteiger partial charge in [-0.2, -0.15) is 0 Å². The van der Waals surface area contributed by atoms with Crippen molar-refractivity contribution >= 4 is 17.9 Å². The first-order valence-corrected chi connectivity index (χ1v) is 8.66. The number of carbonyl (C=O) groups is 1. The van der Waals surface area contributed by atoms with Crippen molar-refractivity contribution in [3.8, 4) is 5.75 Å². The Hall–Kier alpha value is -2.82. The fraction of sp³-hybridized carbons (Fsp3) is 0.300. The van der Waals surface area contributed by atoms with Crippen molar-refractivity contribution in [2.75, 3.05) is 18.0 Å². The van der Waals surface area contributed by atoms with Gasteiger partial charge < -0.3 is 14.8 Å². The van der Waals surface area contributed by atoms with Gasteiger partial charge in [0.2, 0.25) is 0 Å². The molecule has 1 N–H and O–H groups in total. The normalized spacial score (nSPS) is 15.9. The van der Waals surface area contributed by atoms with E-state index in [9.17, 15) is 9.90 Å². The van der Waals surface area contributed by atoms with E-state index in [0.717, 1.165) is 44.3 Å². The molecule has 0 radical (unpaired) electrons. The van der Waals surface area contributed by atoms with Gasteiger partial charge in [0.05, 0.1) is 11.8 Å². The number of hydrogen-bond acceptors (Lipinski definition) is 5. The molecule has 0 amide bonds. The quantitative estimate of drug-likeness (QED) is 0.531. The number of rotatable bonds is 3. The van der Waals surface area contributed by atoms with Crippen LogP contribution >= 0.6 is 0 Å². The summed E-state index contributed by atoms with van der Waals surface area (Å²) in [5, 5.41) is 14.4. The minimum Gasteiger partial charge on any atom is -0.507 e. The molecule has 5 heteroatoms. The summed E-state index contributed by atoms with van der Waals surface area (Å²) in [5.41, 5.74) is 4.50. The summed E-state index contributed by atoms with van der Waals surface area (Å²) in [4.78, 5) is 19.2. The zero-order valence-corrected chi connectivity index (χ0v) is 13.9. The van der Waals surface area contributed by atoms with Crippen molar-refractivity contribution in [1.82, 2.24) is 0 Å². The molecule has 128 valence electrons. The smallest absolute Gasteiger partial charge is 0.365 e. The highest BCUT2D eigenvalue weighted by Gasteiger charge is 2.27. The molecule has 0 aromatic heterocycles. The van der Waals surface area contributed by atoms with Gasteiger partial charge in [-0.1, -0.05) is 23.4 Å². The second-order valence-electron chi connectivity index (χ2n) is 6.47. The molecule has 0 aliphatic carbocycles. The summed E-state index contributed by atoms with van der Waals surface area (Å²) in [6, 6.07) is 10.7. The first-order chi connectivity index (χ1) is 12.2. The molecule has 0 saturated heterocycles. The topological polar surface area (TPSA) is 62.1 Å². The highest BCUT2D eigenvalue weighted by molar-refractivity contribution is 5.91. The molecule has 2 aromatic rings. The molecule has 0 atom stereocenters. The van der Waals surface area contributed by atoms with Crippen molar-refractivity contribution in [2.24, 2.45) is 5.16 Å². The minimum atomic E-state index is -0.512. The van der Waals surface area contributed by atoms with E-state index in [1.807, 2.05) is 12.1 Å². The van der Waals surface area contributed by atoms with Gasteiger partial charge in [0.25, 0.3) is 0 Å². The lowest BCUT2D eigenvalue weighted by Crippen LogP contribution is -2.34. The molecule has 0 bridgehead atoms. The van der Waals surface area contributed by atoms with Gasteiger partial charge in [0.15, 0.2) is 0 Å². The molecule has 2 heterocycles. The molecule has 0 spiro atoms. The molecular weight excluding hydrogens is 316 g/mol. The number of phenols is 1. The lowest BCUT2D eigenvalue weighted by molar-refractivity contribution is 0.0519. The number of aryl methyl sites for hydroxylation is 1. The highest BCUT2D eigenvalue weighted by atomic mass is 16.7. The Morgan fingerprint density at radius 2 is 1.92 bits per heavy atom. The Balaban J connectivity index is 1.58. The Morgan fingerprint density at radius 1 is 1.16 bits per heavy atom. The molecule has 0 saturated carbocycles. The van der Waals surface area contributed by atoms with Crippen LogP contribution in [0.25, 0.3) is 0 Å². The number of carbonyl (C=O) groups excluding carboxylic acids is 1. The zero-order valence-electron chi connectivity index (χ0n) is 13.9. The van der Waals surface area contributed by atoms with E-state index >= 15 is 0 Å².